The maximum absolute atomic E-state index is 12.9. The Morgan fingerprint density at radius 3 is 2.79 bits per heavy atom. The third-order valence-corrected chi connectivity index (χ3v) is 3.61. The lowest BCUT2D eigenvalue weighted by atomic mass is 10.1. The molecule has 5 nitrogen and oxygen atoms in total. The van der Waals surface area contributed by atoms with E-state index in [-0.39, 0.29) is 24.6 Å². The van der Waals surface area contributed by atoms with Crippen LogP contribution in [0.25, 0.3) is 0 Å². The van der Waals surface area contributed by atoms with Crippen molar-refractivity contribution in [1.29, 1.82) is 0 Å². The molecule has 1 aliphatic rings. The number of aromatic hydroxyl groups is 1. The van der Waals surface area contributed by atoms with Crippen molar-refractivity contribution >= 4 is 11.6 Å². The van der Waals surface area contributed by atoms with Gasteiger partial charge in [0.1, 0.15) is 18.0 Å². The van der Waals surface area contributed by atoms with Gasteiger partial charge in [0.2, 0.25) is 5.88 Å². The van der Waals surface area contributed by atoms with Crippen LogP contribution in [0.2, 0.25) is 0 Å². The second kappa shape index (κ2) is 5.70. The van der Waals surface area contributed by atoms with E-state index in [4.69, 9.17) is 4.74 Å². The summed E-state index contributed by atoms with van der Waals surface area (Å²) in [5.41, 5.74) is -0.217. The monoisotopic (exact) mass is 338 g/mol. The minimum absolute atomic E-state index is 0.172. The molecule has 8 heteroatoms. The topological polar surface area (TPSA) is 62.7 Å². The first-order valence-electron chi connectivity index (χ1n) is 7.09. The van der Waals surface area contributed by atoms with E-state index in [1.54, 1.807) is 19.2 Å². The van der Waals surface area contributed by atoms with Crippen LogP contribution in [-0.2, 0) is 6.18 Å². The summed E-state index contributed by atoms with van der Waals surface area (Å²) < 4.78 is 44.1. The fourth-order valence-electron chi connectivity index (χ4n) is 2.46. The first kappa shape index (κ1) is 16.1. The number of fused-ring (bicyclic) bond motifs is 1. The fraction of sp³-hybridized carbons (Fsp3) is 0.250. The Labute approximate surface area is 135 Å². The summed E-state index contributed by atoms with van der Waals surface area (Å²) in [4.78, 5) is 18.1. The molecule has 0 spiro atoms. The smallest absolute Gasteiger partial charge is 0.419 e. The molecule has 3 rings (SSSR count). The number of hydrogen-bond acceptors (Lipinski definition) is 4. The number of pyridine rings is 1. The van der Waals surface area contributed by atoms with E-state index in [0.717, 1.165) is 17.7 Å². The average molecular weight is 338 g/mol. The summed E-state index contributed by atoms with van der Waals surface area (Å²) in [6, 6.07) is 4.36. The summed E-state index contributed by atoms with van der Waals surface area (Å²) in [6.45, 7) is 2.17. The minimum atomic E-state index is -4.75. The molecular weight excluding hydrogens is 325 g/mol. The number of rotatable bonds is 1. The number of carbonyl (C=O) groups is 1. The van der Waals surface area contributed by atoms with Crippen molar-refractivity contribution in [3.8, 4) is 11.6 Å². The zero-order chi connectivity index (χ0) is 17.5. The number of aromatic nitrogens is 1. The fourth-order valence-corrected chi connectivity index (χ4v) is 2.46. The maximum atomic E-state index is 12.9. The molecule has 24 heavy (non-hydrogen) atoms. The van der Waals surface area contributed by atoms with Crippen LogP contribution in [0, 0.1) is 6.92 Å². The molecule has 0 saturated carbocycles. The van der Waals surface area contributed by atoms with E-state index in [1.165, 1.54) is 4.90 Å². The number of phenolic OH excluding ortho intramolecular Hbond substituents is 1. The molecule has 1 N–H and O–H groups in total. The van der Waals surface area contributed by atoms with Crippen LogP contribution in [0.4, 0.5) is 18.9 Å². The number of carbonyl (C=O) groups excluding carboxylic acids is 1. The van der Waals surface area contributed by atoms with Crippen molar-refractivity contribution in [2.45, 2.75) is 13.1 Å². The van der Waals surface area contributed by atoms with Crippen molar-refractivity contribution < 1.29 is 27.8 Å². The van der Waals surface area contributed by atoms with Gasteiger partial charge in [0, 0.05) is 11.8 Å². The van der Waals surface area contributed by atoms with E-state index >= 15 is 0 Å². The SMILES string of the molecule is Cc1cnc2c(c1)N(C(=O)c1ccc(O)c(C(F)(F)F)c1)CCO2. The quantitative estimate of drug-likeness (QED) is 0.868. The van der Waals surface area contributed by atoms with E-state index in [2.05, 4.69) is 4.98 Å². The van der Waals surface area contributed by atoms with Crippen LogP contribution in [0.5, 0.6) is 11.6 Å². The maximum Gasteiger partial charge on any atom is 0.419 e. The molecule has 1 amide bonds. The van der Waals surface area contributed by atoms with E-state index < -0.39 is 23.4 Å². The highest BCUT2D eigenvalue weighted by Crippen LogP contribution is 2.37. The average Bonchev–Trinajstić information content (AvgIpc) is 2.53. The number of halogens is 3. The normalized spacial score (nSPS) is 14.1. The number of amides is 1. The number of phenols is 1. The lowest BCUT2D eigenvalue weighted by Gasteiger charge is -2.29. The number of nitrogens with zero attached hydrogens (tertiary/aromatic N) is 2. The van der Waals surface area contributed by atoms with Crippen molar-refractivity contribution in [3.05, 3.63) is 47.2 Å². The molecule has 1 aromatic heterocycles. The molecule has 0 fully saturated rings. The molecule has 0 aliphatic carbocycles. The van der Waals surface area contributed by atoms with Gasteiger partial charge in [-0.05, 0) is 36.8 Å². The van der Waals surface area contributed by atoms with Crippen molar-refractivity contribution in [2.24, 2.45) is 0 Å². The molecule has 0 radical (unpaired) electrons. The highest BCUT2D eigenvalue weighted by Gasteiger charge is 2.35. The van der Waals surface area contributed by atoms with Gasteiger partial charge in [-0.3, -0.25) is 4.79 Å². The highest BCUT2D eigenvalue weighted by molar-refractivity contribution is 6.07. The molecule has 1 aliphatic heterocycles. The first-order valence-corrected chi connectivity index (χ1v) is 7.09. The van der Waals surface area contributed by atoms with Gasteiger partial charge in [-0.25, -0.2) is 4.98 Å². The highest BCUT2D eigenvalue weighted by atomic mass is 19.4. The predicted molar refractivity (Wildman–Crippen MR) is 79.3 cm³/mol. The van der Waals surface area contributed by atoms with Crippen molar-refractivity contribution in [2.75, 3.05) is 18.1 Å². The molecular formula is C16H13F3N2O3. The van der Waals surface area contributed by atoms with Crippen LogP contribution in [0.3, 0.4) is 0 Å². The summed E-state index contributed by atoms with van der Waals surface area (Å²) in [7, 11) is 0. The van der Waals surface area contributed by atoms with Gasteiger partial charge in [0.05, 0.1) is 12.1 Å². The van der Waals surface area contributed by atoms with Gasteiger partial charge >= 0.3 is 6.18 Å². The van der Waals surface area contributed by atoms with Crippen LogP contribution < -0.4 is 9.64 Å². The molecule has 2 heterocycles. The predicted octanol–water partition coefficient (Wildman–Crippen LogP) is 3.15. The first-order chi connectivity index (χ1) is 11.3. The van der Waals surface area contributed by atoms with Crippen LogP contribution in [0.15, 0.2) is 30.5 Å². The molecule has 0 bridgehead atoms. The van der Waals surface area contributed by atoms with Crippen LogP contribution in [-0.4, -0.2) is 29.1 Å². The van der Waals surface area contributed by atoms with E-state index in [0.29, 0.717) is 11.8 Å². The zero-order valence-corrected chi connectivity index (χ0v) is 12.6. The number of benzene rings is 1. The summed E-state index contributed by atoms with van der Waals surface area (Å²) in [6.07, 6.45) is -3.17. The Kier molecular flexibility index (Phi) is 3.82. The van der Waals surface area contributed by atoms with Crippen LogP contribution >= 0.6 is 0 Å². The van der Waals surface area contributed by atoms with Gasteiger partial charge in [-0.1, -0.05) is 0 Å². The summed E-state index contributed by atoms with van der Waals surface area (Å²) in [5.74, 6) is -1.27. The summed E-state index contributed by atoms with van der Waals surface area (Å²) in [5, 5.41) is 9.38. The standard InChI is InChI=1S/C16H13F3N2O3/c1-9-6-12-14(20-8-9)24-5-4-21(12)15(23)10-2-3-13(22)11(7-10)16(17,18)19/h2-3,6-8,22H,4-5H2,1H3. The number of alkyl halides is 3. The van der Waals surface area contributed by atoms with Gasteiger partial charge in [0.25, 0.3) is 5.91 Å². The Hall–Kier alpha value is -2.77. The number of hydrogen-bond donors (Lipinski definition) is 1. The van der Waals surface area contributed by atoms with Crippen molar-refractivity contribution in [1.82, 2.24) is 4.98 Å². The van der Waals surface area contributed by atoms with E-state index in [1.807, 2.05) is 0 Å². The Balaban J connectivity index is 2.01. The number of anilines is 1. The van der Waals surface area contributed by atoms with Gasteiger partial charge in [0.15, 0.2) is 0 Å². The molecule has 2 aromatic rings. The second-order valence-electron chi connectivity index (χ2n) is 5.37. The molecule has 0 unspecified atom stereocenters. The van der Waals surface area contributed by atoms with Crippen LogP contribution in [0.1, 0.15) is 21.5 Å². The van der Waals surface area contributed by atoms with E-state index in [9.17, 15) is 23.1 Å². The van der Waals surface area contributed by atoms with Gasteiger partial charge in [-0.15, -0.1) is 0 Å². The summed E-state index contributed by atoms with van der Waals surface area (Å²) >= 11 is 0. The second-order valence-corrected chi connectivity index (χ2v) is 5.37. The Morgan fingerprint density at radius 2 is 2.08 bits per heavy atom. The minimum Gasteiger partial charge on any atom is -0.507 e. The molecule has 0 saturated heterocycles. The third kappa shape index (κ3) is 2.86. The largest absolute Gasteiger partial charge is 0.507 e. The Bertz CT molecular complexity index is 806. The Morgan fingerprint density at radius 1 is 1.33 bits per heavy atom. The zero-order valence-electron chi connectivity index (χ0n) is 12.6. The van der Waals surface area contributed by atoms with Gasteiger partial charge < -0.3 is 14.7 Å². The lowest BCUT2D eigenvalue weighted by Crippen LogP contribution is -2.38. The lowest BCUT2D eigenvalue weighted by molar-refractivity contribution is -0.138. The molecule has 0 atom stereocenters. The molecule has 1 aromatic carbocycles. The third-order valence-electron chi connectivity index (χ3n) is 3.61. The van der Waals surface area contributed by atoms with Crippen molar-refractivity contribution in [3.63, 3.8) is 0 Å². The molecule has 126 valence electrons. The number of aryl methyl sites for hydroxylation is 1. The number of ether oxygens (including phenoxy) is 1. The van der Waals surface area contributed by atoms with Gasteiger partial charge in [-0.2, -0.15) is 13.2 Å².